The smallest absolute Gasteiger partial charge is 0.151 e. The first-order valence-corrected chi connectivity index (χ1v) is 8.54. The van der Waals surface area contributed by atoms with Crippen LogP contribution in [0.15, 0.2) is 24.3 Å². The molecule has 0 unspecified atom stereocenters. The lowest BCUT2D eigenvalue weighted by Crippen LogP contribution is -2.28. The second kappa shape index (κ2) is 5.42. The summed E-state index contributed by atoms with van der Waals surface area (Å²) in [6.07, 6.45) is 1.22. The molecule has 1 fully saturated rings. The van der Waals surface area contributed by atoms with E-state index in [0.717, 1.165) is 5.56 Å². The predicted octanol–water partition coefficient (Wildman–Crippen LogP) is 1.32. The average molecular weight is 301 g/mol. The van der Waals surface area contributed by atoms with Gasteiger partial charge in [-0.3, -0.25) is 0 Å². The first kappa shape index (κ1) is 15.4. The van der Waals surface area contributed by atoms with Crippen LogP contribution < -0.4 is 5.73 Å². The highest BCUT2D eigenvalue weighted by Gasteiger charge is 2.69. The highest BCUT2D eigenvalue weighted by molar-refractivity contribution is 7.91. The third-order valence-electron chi connectivity index (χ3n) is 4.02. The second-order valence-electron chi connectivity index (χ2n) is 5.35. The Morgan fingerprint density at radius 1 is 1.35 bits per heavy atom. The van der Waals surface area contributed by atoms with E-state index in [9.17, 15) is 12.8 Å². The number of hydrogen-bond acceptors (Lipinski definition) is 4. The number of hydrogen-bond donors (Lipinski definition) is 1. The minimum atomic E-state index is -3.24. The zero-order chi connectivity index (χ0) is 15.0. The molecule has 0 aliphatic heterocycles. The summed E-state index contributed by atoms with van der Waals surface area (Å²) in [5.41, 5.74) is 6.04. The van der Waals surface area contributed by atoms with Crippen LogP contribution >= 0.6 is 0 Å². The Hall–Kier alpha value is -0.980. The van der Waals surface area contributed by atoms with Crippen LogP contribution in [-0.2, 0) is 14.6 Å². The summed E-state index contributed by atoms with van der Waals surface area (Å²) in [6.45, 7) is 2.90. The fourth-order valence-electron chi connectivity index (χ4n) is 3.07. The van der Waals surface area contributed by atoms with Gasteiger partial charge in [-0.25, -0.2) is 12.8 Å². The molecule has 1 saturated carbocycles. The molecule has 3 atom stereocenters. The molecule has 4 nitrogen and oxygen atoms in total. The SMILES string of the molecule is CCOC[C@@]1(CN)[C@@H](c2ccc(F)cc2)[C@@H]1S(C)(=O)=O. The lowest BCUT2D eigenvalue weighted by atomic mass is 10.00. The molecule has 2 rings (SSSR count). The largest absolute Gasteiger partial charge is 0.381 e. The van der Waals surface area contributed by atoms with Crippen LogP contribution in [0.1, 0.15) is 18.4 Å². The van der Waals surface area contributed by atoms with Gasteiger partial charge in [0.1, 0.15) is 5.82 Å². The third kappa shape index (κ3) is 2.60. The molecule has 0 heterocycles. The third-order valence-corrected chi connectivity index (χ3v) is 5.69. The molecule has 20 heavy (non-hydrogen) atoms. The fourth-order valence-corrected chi connectivity index (χ4v) is 5.08. The van der Waals surface area contributed by atoms with Crippen LogP contribution in [-0.4, -0.2) is 39.7 Å². The van der Waals surface area contributed by atoms with Crippen LogP contribution in [0.2, 0.25) is 0 Å². The van der Waals surface area contributed by atoms with E-state index >= 15 is 0 Å². The highest BCUT2D eigenvalue weighted by atomic mass is 32.2. The van der Waals surface area contributed by atoms with Gasteiger partial charge in [-0.2, -0.15) is 0 Å². The van der Waals surface area contributed by atoms with E-state index in [-0.39, 0.29) is 18.3 Å². The summed E-state index contributed by atoms with van der Waals surface area (Å²) >= 11 is 0. The summed E-state index contributed by atoms with van der Waals surface area (Å²) in [6, 6.07) is 5.94. The van der Waals surface area contributed by atoms with Gasteiger partial charge in [0.2, 0.25) is 0 Å². The minimum Gasteiger partial charge on any atom is -0.381 e. The standard InChI is InChI=1S/C14H20FNO3S/c1-3-19-9-14(8-16)12(13(14)20(2,17)18)10-4-6-11(15)7-5-10/h4-7,12-13H,3,8-9,16H2,1-2H3/t12-,13-,14-/m0/s1. The molecule has 6 heteroatoms. The van der Waals surface area contributed by atoms with Crippen LogP contribution in [0, 0.1) is 11.2 Å². The molecule has 0 aromatic heterocycles. The van der Waals surface area contributed by atoms with Gasteiger partial charge in [-0.1, -0.05) is 12.1 Å². The molecule has 1 aromatic rings. The maximum atomic E-state index is 13.0. The van der Waals surface area contributed by atoms with Crippen molar-refractivity contribution in [3.8, 4) is 0 Å². The normalized spacial score (nSPS) is 29.4. The maximum Gasteiger partial charge on any atom is 0.151 e. The molecule has 0 bridgehead atoms. The van der Waals surface area contributed by atoms with Crippen molar-refractivity contribution in [2.75, 3.05) is 26.0 Å². The maximum absolute atomic E-state index is 13.0. The quantitative estimate of drug-likeness (QED) is 0.860. The average Bonchev–Trinajstić information content (AvgIpc) is 3.07. The number of benzene rings is 1. The van der Waals surface area contributed by atoms with Crippen molar-refractivity contribution in [3.05, 3.63) is 35.6 Å². The molecule has 1 aliphatic rings. The molecule has 2 N–H and O–H groups in total. The number of halogens is 1. The monoisotopic (exact) mass is 301 g/mol. The van der Waals surface area contributed by atoms with Crippen molar-refractivity contribution in [1.29, 1.82) is 0 Å². The fraction of sp³-hybridized carbons (Fsp3) is 0.571. The van der Waals surface area contributed by atoms with Crippen molar-refractivity contribution in [2.24, 2.45) is 11.1 Å². The van der Waals surface area contributed by atoms with Gasteiger partial charge in [0.15, 0.2) is 9.84 Å². The summed E-state index contributed by atoms with van der Waals surface area (Å²) < 4.78 is 42.4. The summed E-state index contributed by atoms with van der Waals surface area (Å²) in [7, 11) is -3.24. The molecular weight excluding hydrogens is 281 g/mol. The van der Waals surface area contributed by atoms with E-state index in [4.69, 9.17) is 10.5 Å². The number of nitrogens with two attached hydrogens (primary N) is 1. The Morgan fingerprint density at radius 3 is 2.40 bits per heavy atom. The van der Waals surface area contributed by atoms with Crippen molar-refractivity contribution in [2.45, 2.75) is 18.1 Å². The first-order valence-electron chi connectivity index (χ1n) is 6.59. The van der Waals surface area contributed by atoms with Crippen LogP contribution in [0.4, 0.5) is 4.39 Å². The Kier molecular flexibility index (Phi) is 4.18. The Bertz CT molecular complexity index is 573. The van der Waals surface area contributed by atoms with Crippen molar-refractivity contribution in [1.82, 2.24) is 0 Å². The van der Waals surface area contributed by atoms with E-state index in [1.54, 1.807) is 12.1 Å². The number of rotatable bonds is 6. The van der Waals surface area contributed by atoms with E-state index in [1.165, 1.54) is 18.4 Å². The summed E-state index contributed by atoms with van der Waals surface area (Å²) in [5, 5.41) is -0.558. The predicted molar refractivity (Wildman–Crippen MR) is 75.8 cm³/mol. The number of ether oxygens (including phenoxy) is 1. The second-order valence-corrected chi connectivity index (χ2v) is 7.52. The molecule has 0 saturated heterocycles. The molecule has 112 valence electrons. The van der Waals surface area contributed by atoms with Gasteiger partial charge in [0.05, 0.1) is 11.9 Å². The van der Waals surface area contributed by atoms with Gasteiger partial charge in [-0.15, -0.1) is 0 Å². The van der Waals surface area contributed by atoms with E-state index in [0.29, 0.717) is 13.2 Å². The Morgan fingerprint density at radius 2 is 1.95 bits per heavy atom. The summed E-state index contributed by atoms with van der Waals surface area (Å²) in [4.78, 5) is 0. The Balaban J connectivity index is 2.36. The van der Waals surface area contributed by atoms with Crippen LogP contribution in [0.3, 0.4) is 0 Å². The zero-order valence-corrected chi connectivity index (χ0v) is 12.5. The molecule has 0 radical (unpaired) electrons. The lowest BCUT2D eigenvalue weighted by Gasteiger charge is -2.15. The molecule has 1 aliphatic carbocycles. The Labute approximate surface area is 119 Å². The van der Waals surface area contributed by atoms with Crippen molar-refractivity contribution >= 4 is 9.84 Å². The molecule has 1 aromatic carbocycles. The van der Waals surface area contributed by atoms with Gasteiger partial charge in [0.25, 0.3) is 0 Å². The highest BCUT2D eigenvalue weighted by Crippen LogP contribution is 2.62. The zero-order valence-electron chi connectivity index (χ0n) is 11.7. The minimum absolute atomic E-state index is 0.227. The van der Waals surface area contributed by atoms with E-state index in [2.05, 4.69) is 0 Å². The van der Waals surface area contributed by atoms with Crippen molar-refractivity contribution in [3.63, 3.8) is 0 Å². The van der Waals surface area contributed by atoms with Gasteiger partial charge < -0.3 is 10.5 Å². The molecular formula is C14H20FNO3S. The first-order chi connectivity index (χ1) is 9.36. The lowest BCUT2D eigenvalue weighted by molar-refractivity contribution is 0.101. The summed E-state index contributed by atoms with van der Waals surface area (Å²) in [5.74, 6) is -0.567. The van der Waals surface area contributed by atoms with Gasteiger partial charge in [0, 0.05) is 30.7 Å². The van der Waals surface area contributed by atoms with Crippen molar-refractivity contribution < 1.29 is 17.5 Å². The van der Waals surface area contributed by atoms with Gasteiger partial charge >= 0.3 is 0 Å². The topological polar surface area (TPSA) is 69.4 Å². The molecule has 0 amide bonds. The van der Waals surface area contributed by atoms with Crippen LogP contribution in [0.5, 0.6) is 0 Å². The molecule has 0 spiro atoms. The number of sulfone groups is 1. The van der Waals surface area contributed by atoms with E-state index in [1.807, 2.05) is 6.92 Å². The van der Waals surface area contributed by atoms with Gasteiger partial charge in [-0.05, 0) is 24.6 Å². The van der Waals surface area contributed by atoms with E-state index < -0.39 is 20.5 Å². The van der Waals surface area contributed by atoms with Crippen LogP contribution in [0.25, 0.3) is 0 Å².